The van der Waals surface area contributed by atoms with E-state index in [0.717, 1.165) is 0 Å². The number of rotatable bonds is 5. The molecule has 0 amide bonds. The fourth-order valence-corrected chi connectivity index (χ4v) is 1.55. The number of carbonyl (C=O) groups excluding carboxylic acids is 1. The molecule has 16 heavy (non-hydrogen) atoms. The van der Waals surface area contributed by atoms with E-state index >= 15 is 0 Å². The predicted molar refractivity (Wildman–Crippen MR) is 64.1 cm³/mol. The quantitative estimate of drug-likeness (QED) is 0.775. The molecule has 1 rings (SSSR count). The van der Waals surface area contributed by atoms with E-state index < -0.39 is 0 Å². The van der Waals surface area contributed by atoms with Gasteiger partial charge in [-0.25, -0.2) is 0 Å². The molecule has 0 aromatic heterocycles. The summed E-state index contributed by atoms with van der Waals surface area (Å²) in [5.41, 5.74) is 1.17. The summed E-state index contributed by atoms with van der Waals surface area (Å²) in [5, 5.41) is 3.21. The average molecular weight is 221 g/mol. The molecule has 0 bridgehead atoms. The molecule has 1 aromatic carbocycles. The van der Waals surface area contributed by atoms with E-state index in [0.29, 0.717) is 6.61 Å². The highest BCUT2D eigenvalue weighted by Gasteiger charge is 2.16. The Morgan fingerprint density at radius 2 is 1.94 bits per heavy atom. The number of benzene rings is 1. The summed E-state index contributed by atoms with van der Waals surface area (Å²) in [6.07, 6.45) is 0. The lowest BCUT2D eigenvalue weighted by atomic mass is 10.1. The molecule has 2 atom stereocenters. The molecule has 3 nitrogen and oxygen atoms in total. The van der Waals surface area contributed by atoms with E-state index in [4.69, 9.17) is 4.74 Å². The largest absolute Gasteiger partial charge is 0.465 e. The summed E-state index contributed by atoms with van der Waals surface area (Å²) in [5.74, 6) is -0.203. The normalized spacial score (nSPS) is 14.2. The number of carbonyl (C=O) groups is 1. The molecule has 0 aliphatic carbocycles. The Kier molecular flexibility index (Phi) is 4.99. The average Bonchev–Trinajstić information content (AvgIpc) is 2.30. The number of hydrogen-bond donors (Lipinski definition) is 1. The number of hydrogen-bond acceptors (Lipinski definition) is 3. The molecule has 3 heteroatoms. The van der Waals surface area contributed by atoms with E-state index in [9.17, 15) is 4.79 Å². The summed E-state index contributed by atoms with van der Waals surface area (Å²) < 4.78 is 4.94. The fraction of sp³-hybridized carbons (Fsp3) is 0.462. The van der Waals surface area contributed by atoms with Gasteiger partial charge in [-0.2, -0.15) is 0 Å². The summed E-state index contributed by atoms with van der Waals surface area (Å²) in [4.78, 5) is 11.4. The molecule has 0 aliphatic heterocycles. The van der Waals surface area contributed by atoms with E-state index in [1.165, 1.54) is 5.56 Å². The maximum Gasteiger partial charge on any atom is 0.322 e. The molecule has 1 aromatic rings. The van der Waals surface area contributed by atoms with E-state index in [1.807, 2.05) is 51.1 Å². The van der Waals surface area contributed by atoms with Gasteiger partial charge in [-0.1, -0.05) is 30.3 Å². The van der Waals surface area contributed by atoms with Crippen molar-refractivity contribution in [3.8, 4) is 0 Å². The monoisotopic (exact) mass is 221 g/mol. The Balaban J connectivity index is 2.51. The second kappa shape index (κ2) is 6.28. The fourth-order valence-electron chi connectivity index (χ4n) is 1.55. The highest BCUT2D eigenvalue weighted by Crippen LogP contribution is 2.12. The van der Waals surface area contributed by atoms with Gasteiger partial charge >= 0.3 is 5.97 Å². The molecule has 0 saturated carbocycles. The van der Waals surface area contributed by atoms with Crippen molar-refractivity contribution in [1.29, 1.82) is 0 Å². The lowest BCUT2D eigenvalue weighted by Gasteiger charge is -2.19. The first-order chi connectivity index (χ1) is 7.65. The molecular formula is C13H19NO2. The molecule has 0 aliphatic rings. The Labute approximate surface area is 96.8 Å². The predicted octanol–water partition coefficient (Wildman–Crippen LogP) is 2.29. The van der Waals surface area contributed by atoms with Crippen LogP contribution in [0.15, 0.2) is 30.3 Å². The van der Waals surface area contributed by atoms with Crippen molar-refractivity contribution < 1.29 is 9.53 Å². The molecule has 0 spiro atoms. The minimum absolute atomic E-state index is 0.139. The molecule has 88 valence electrons. The molecule has 0 fully saturated rings. The van der Waals surface area contributed by atoms with Crippen LogP contribution in [0.2, 0.25) is 0 Å². The lowest BCUT2D eigenvalue weighted by Crippen LogP contribution is -2.37. The first kappa shape index (κ1) is 12.7. The van der Waals surface area contributed by atoms with Crippen molar-refractivity contribution in [3.63, 3.8) is 0 Å². The van der Waals surface area contributed by atoms with Gasteiger partial charge in [0.1, 0.15) is 6.04 Å². The number of esters is 1. The van der Waals surface area contributed by atoms with Gasteiger partial charge in [-0.3, -0.25) is 10.1 Å². The molecule has 0 saturated heterocycles. The maximum atomic E-state index is 11.4. The Bertz CT molecular complexity index is 324. The van der Waals surface area contributed by atoms with Crippen LogP contribution >= 0.6 is 0 Å². The van der Waals surface area contributed by atoms with E-state index in [-0.39, 0.29) is 18.1 Å². The van der Waals surface area contributed by atoms with Crippen LogP contribution in [-0.4, -0.2) is 18.6 Å². The highest BCUT2D eigenvalue weighted by atomic mass is 16.5. The minimum atomic E-state index is -0.282. The van der Waals surface area contributed by atoms with Crippen molar-refractivity contribution >= 4 is 5.97 Å². The molecule has 0 heterocycles. The second-order valence-corrected chi connectivity index (χ2v) is 3.77. The zero-order valence-electron chi connectivity index (χ0n) is 10.1. The minimum Gasteiger partial charge on any atom is -0.465 e. The second-order valence-electron chi connectivity index (χ2n) is 3.77. The topological polar surface area (TPSA) is 38.3 Å². The zero-order valence-corrected chi connectivity index (χ0v) is 10.1. The smallest absolute Gasteiger partial charge is 0.322 e. The summed E-state index contributed by atoms with van der Waals surface area (Å²) in [6.45, 7) is 6.08. The maximum absolute atomic E-state index is 11.4. The SMILES string of the molecule is CCOC(=O)[C@H](C)NC(C)c1ccccc1. The standard InChI is InChI=1S/C13H19NO2/c1-4-16-13(15)11(3)14-10(2)12-8-6-5-7-9-12/h5-11,14H,4H2,1-3H3/t10?,11-/m0/s1. The van der Waals surface area contributed by atoms with Gasteiger partial charge in [-0.15, -0.1) is 0 Å². The van der Waals surface area contributed by atoms with Crippen molar-refractivity contribution in [2.24, 2.45) is 0 Å². The van der Waals surface area contributed by atoms with Crippen LogP contribution < -0.4 is 5.32 Å². The van der Waals surface area contributed by atoms with Crippen LogP contribution in [0.1, 0.15) is 32.4 Å². The van der Waals surface area contributed by atoms with Crippen molar-refractivity contribution in [1.82, 2.24) is 5.32 Å². The Hall–Kier alpha value is -1.35. The van der Waals surface area contributed by atoms with Gasteiger partial charge in [-0.05, 0) is 26.3 Å². The van der Waals surface area contributed by atoms with Crippen LogP contribution in [0, 0.1) is 0 Å². The van der Waals surface area contributed by atoms with Gasteiger partial charge in [0.25, 0.3) is 0 Å². The van der Waals surface area contributed by atoms with Crippen molar-refractivity contribution in [3.05, 3.63) is 35.9 Å². The van der Waals surface area contributed by atoms with Gasteiger partial charge in [0.05, 0.1) is 6.61 Å². The summed E-state index contributed by atoms with van der Waals surface area (Å²) >= 11 is 0. The van der Waals surface area contributed by atoms with E-state index in [2.05, 4.69) is 5.32 Å². The molecule has 1 unspecified atom stereocenters. The number of nitrogens with one attached hydrogen (secondary N) is 1. The zero-order chi connectivity index (χ0) is 12.0. The molecular weight excluding hydrogens is 202 g/mol. The van der Waals surface area contributed by atoms with Crippen molar-refractivity contribution in [2.75, 3.05) is 6.61 Å². The molecule has 0 radical (unpaired) electrons. The first-order valence-corrected chi connectivity index (χ1v) is 5.62. The van der Waals surface area contributed by atoms with Gasteiger partial charge in [0, 0.05) is 6.04 Å². The van der Waals surface area contributed by atoms with Gasteiger partial charge in [0.2, 0.25) is 0 Å². The number of ether oxygens (including phenoxy) is 1. The highest BCUT2D eigenvalue weighted by molar-refractivity contribution is 5.75. The van der Waals surface area contributed by atoms with E-state index in [1.54, 1.807) is 0 Å². The third kappa shape index (κ3) is 3.66. The third-order valence-electron chi connectivity index (χ3n) is 2.44. The third-order valence-corrected chi connectivity index (χ3v) is 2.44. The van der Waals surface area contributed by atoms with Crippen LogP contribution in [0.4, 0.5) is 0 Å². The van der Waals surface area contributed by atoms with Crippen LogP contribution in [0.25, 0.3) is 0 Å². The van der Waals surface area contributed by atoms with Crippen LogP contribution in [0.5, 0.6) is 0 Å². The van der Waals surface area contributed by atoms with Crippen LogP contribution in [0.3, 0.4) is 0 Å². The summed E-state index contributed by atoms with van der Waals surface area (Å²) in [6, 6.07) is 9.89. The Morgan fingerprint density at radius 3 is 2.50 bits per heavy atom. The van der Waals surface area contributed by atoms with Gasteiger partial charge < -0.3 is 4.74 Å². The van der Waals surface area contributed by atoms with Crippen LogP contribution in [-0.2, 0) is 9.53 Å². The van der Waals surface area contributed by atoms with Crippen molar-refractivity contribution in [2.45, 2.75) is 32.9 Å². The Morgan fingerprint density at radius 1 is 1.31 bits per heavy atom. The van der Waals surface area contributed by atoms with Gasteiger partial charge in [0.15, 0.2) is 0 Å². The summed E-state index contributed by atoms with van der Waals surface area (Å²) in [7, 11) is 0. The molecule has 1 N–H and O–H groups in total. The first-order valence-electron chi connectivity index (χ1n) is 5.62. The lowest BCUT2D eigenvalue weighted by molar-refractivity contribution is -0.145.